The van der Waals surface area contributed by atoms with Crippen LogP contribution >= 0.6 is 0 Å². The first-order chi connectivity index (χ1) is 6.60. The van der Waals surface area contributed by atoms with Gasteiger partial charge < -0.3 is 10.2 Å². The Morgan fingerprint density at radius 1 is 1.36 bits per heavy atom. The summed E-state index contributed by atoms with van der Waals surface area (Å²) in [6.45, 7) is 3.38. The average Bonchev–Trinajstić information content (AvgIpc) is 2.20. The van der Waals surface area contributed by atoms with Crippen molar-refractivity contribution in [2.24, 2.45) is 0 Å². The molecule has 0 bridgehead atoms. The Balaban J connectivity index is 0.000000292. The lowest BCUT2D eigenvalue weighted by Gasteiger charge is -1.90. The zero-order valence-electron chi connectivity index (χ0n) is 8.47. The van der Waals surface area contributed by atoms with Gasteiger partial charge in [-0.2, -0.15) is 0 Å². The third-order valence-electron chi connectivity index (χ3n) is 1.48. The number of carbonyl (C=O) groups excluding carboxylic acids is 1. The summed E-state index contributed by atoms with van der Waals surface area (Å²) in [5.74, 6) is 0. The van der Waals surface area contributed by atoms with Gasteiger partial charge in [0.1, 0.15) is 6.29 Å². The largest absolute Gasteiger partial charge is 0.394 e. The molecular weight excluding hydrogens is 180 g/mol. The van der Waals surface area contributed by atoms with E-state index in [1.807, 2.05) is 31.2 Å². The number of aliphatic hydroxyl groups is 2. The van der Waals surface area contributed by atoms with Crippen molar-refractivity contribution in [1.82, 2.24) is 0 Å². The van der Waals surface area contributed by atoms with Crippen LogP contribution in [-0.2, 0) is 0 Å². The Kier molecular flexibility index (Phi) is 6.62. The number of hydrogen-bond acceptors (Lipinski definition) is 3. The second-order valence-corrected chi connectivity index (χ2v) is 3.06. The molecule has 1 rings (SSSR count). The molecule has 3 nitrogen and oxygen atoms in total. The van der Waals surface area contributed by atoms with E-state index in [2.05, 4.69) is 0 Å². The molecule has 3 heteroatoms. The summed E-state index contributed by atoms with van der Waals surface area (Å²) >= 11 is 0. The minimum Gasteiger partial charge on any atom is -0.394 e. The Bertz CT molecular complexity index is 252. The number of carbonyl (C=O) groups is 1. The lowest BCUT2D eigenvalue weighted by molar-refractivity contribution is 0.110. The predicted molar refractivity (Wildman–Crippen MR) is 55.3 cm³/mol. The molecule has 0 aromatic heterocycles. The monoisotopic (exact) mass is 196 g/mol. The van der Waals surface area contributed by atoms with E-state index in [0.29, 0.717) is 0 Å². The van der Waals surface area contributed by atoms with Crippen molar-refractivity contribution in [2.75, 3.05) is 6.61 Å². The van der Waals surface area contributed by atoms with Crippen molar-refractivity contribution in [2.45, 2.75) is 20.0 Å². The minimum absolute atomic E-state index is 0.139. The van der Waals surface area contributed by atoms with Gasteiger partial charge in [0.15, 0.2) is 0 Å². The molecule has 0 spiro atoms. The van der Waals surface area contributed by atoms with Crippen LogP contribution in [0.25, 0.3) is 0 Å². The molecule has 0 aliphatic heterocycles. The van der Waals surface area contributed by atoms with E-state index in [4.69, 9.17) is 10.2 Å². The van der Waals surface area contributed by atoms with Crippen molar-refractivity contribution < 1.29 is 15.0 Å². The third-order valence-corrected chi connectivity index (χ3v) is 1.48. The highest BCUT2D eigenvalue weighted by atomic mass is 16.3. The zero-order chi connectivity index (χ0) is 11.0. The summed E-state index contributed by atoms with van der Waals surface area (Å²) in [5.41, 5.74) is 1.92. The molecule has 78 valence electrons. The van der Waals surface area contributed by atoms with Gasteiger partial charge in [-0.15, -0.1) is 0 Å². The number of aryl methyl sites for hydroxylation is 1. The van der Waals surface area contributed by atoms with Gasteiger partial charge >= 0.3 is 0 Å². The topological polar surface area (TPSA) is 57.5 Å². The van der Waals surface area contributed by atoms with Gasteiger partial charge in [0, 0.05) is 5.56 Å². The van der Waals surface area contributed by atoms with Gasteiger partial charge in [0.05, 0.1) is 12.7 Å². The number of hydrogen-bond donors (Lipinski definition) is 2. The van der Waals surface area contributed by atoms with Crippen molar-refractivity contribution in [1.29, 1.82) is 0 Å². The van der Waals surface area contributed by atoms with Crippen molar-refractivity contribution in [3.8, 4) is 0 Å². The smallest absolute Gasteiger partial charge is 0.150 e. The van der Waals surface area contributed by atoms with E-state index in [-0.39, 0.29) is 6.61 Å². The fraction of sp³-hybridized carbons (Fsp3) is 0.364. The van der Waals surface area contributed by atoms with Crippen LogP contribution in [0.15, 0.2) is 24.3 Å². The maximum atomic E-state index is 10.1. The number of rotatable bonds is 2. The molecule has 1 unspecified atom stereocenters. The molecule has 0 saturated carbocycles. The number of aldehydes is 1. The van der Waals surface area contributed by atoms with Crippen molar-refractivity contribution in [3.63, 3.8) is 0 Å². The molecule has 0 saturated heterocycles. The minimum atomic E-state index is -0.560. The SMILES string of the molecule is CC(O)CO.Cc1ccc(C=O)cc1. The average molecular weight is 196 g/mol. The summed E-state index contributed by atoms with van der Waals surface area (Å²) in [7, 11) is 0. The normalized spacial score (nSPS) is 11.1. The molecular formula is C11H16O3. The van der Waals surface area contributed by atoms with E-state index >= 15 is 0 Å². The van der Waals surface area contributed by atoms with E-state index in [9.17, 15) is 4.79 Å². The van der Waals surface area contributed by atoms with E-state index in [0.717, 1.165) is 11.8 Å². The van der Waals surface area contributed by atoms with Gasteiger partial charge in [-0.1, -0.05) is 29.8 Å². The van der Waals surface area contributed by atoms with Crippen LogP contribution < -0.4 is 0 Å². The Morgan fingerprint density at radius 3 is 2.07 bits per heavy atom. The van der Waals surface area contributed by atoms with Crippen LogP contribution in [0.2, 0.25) is 0 Å². The summed E-state index contributed by atoms with van der Waals surface area (Å²) in [6, 6.07) is 7.46. The first-order valence-electron chi connectivity index (χ1n) is 4.41. The lowest BCUT2D eigenvalue weighted by Crippen LogP contribution is -2.03. The van der Waals surface area contributed by atoms with Gasteiger partial charge in [-0.05, 0) is 13.8 Å². The summed E-state index contributed by atoms with van der Waals surface area (Å²) in [6.07, 6.45) is 0.286. The maximum absolute atomic E-state index is 10.1. The van der Waals surface area contributed by atoms with Gasteiger partial charge in [-0.25, -0.2) is 0 Å². The zero-order valence-corrected chi connectivity index (χ0v) is 8.47. The van der Waals surface area contributed by atoms with Crippen LogP contribution in [0, 0.1) is 6.92 Å². The Morgan fingerprint density at radius 2 is 1.79 bits per heavy atom. The fourth-order valence-electron chi connectivity index (χ4n) is 0.645. The molecule has 1 aromatic carbocycles. The van der Waals surface area contributed by atoms with Crippen LogP contribution in [-0.4, -0.2) is 29.2 Å². The molecule has 1 atom stereocenters. The van der Waals surface area contributed by atoms with Crippen LogP contribution in [0.4, 0.5) is 0 Å². The van der Waals surface area contributed by atoms with E-state index < -0.39 is 6.10 Å². The number of aliphatic hydroxyl groups excluding tert-OH is 2. The fourth-order valence-corrected chi connectivity index (χ4v) is 0.645. The Labute approximate surface area is 84.0 Å². The second-order valence-electron chi connectivity index (χ2n) is 3.06. The molecule has 0 amide bonds. The molecule has 0 heterocycles. The van der Waals surface area contributed by atoms with Crippen molar-refractivity contribution >= 4 is 6.29 Å². The molecule has 1 aromatic rings. The third kappa shape index (κ3) is 6.34. The van der Waals surface area contributed by atoms with Crippen LogP contribution in [0.1, 0.15) is 22.8 Å². The highest BCUT2D eigenvalue weighted by Crippen LogP contribution is 1.98. The van der Waals surface area contributed by atoms with Crippen LogP contribution in [0.5, 0.6) is 0 Å². The first kappa shape index (κ1) is 12.8. The van der Waals surface area contributed by atoms with E-state index in [1.54, 1.807) is 0 Å². The van der Waals surface area contributed by atoms with Gasteiger partial charge in [0.2, 0.25) is 0 Å². The first-order valence-corrected chi connectivity index (χ1v) is 4.41. The highest BCUT2D eigenvalue weighted by Gasteiger charge is 1.85. The molecule has 0 radical (unpaired) electrons. The molecule has 2 N–H and O–H groups in total. The lowest BCUT2D eigenvalue weighted by atomic mass is 10.2. The highest BCUT2D eigenvalue weighted by molar-refractivity contribution is 5.74. The quantitative estimate of drug-likeness (QED) is 0.698. The predicted octanol–water partition coefficient (Wildman–Crippen LogP) is 1.17. The standard InChI is InChI=1S/C8H8O.C3H8O2/c1-7-2-4-8(6-9)5-3-7;1-3(5)2-4/h2-6H,1H3;3-5H,2H2,1H3. The van der Waals surface area contributed by atoms with Crippen LogP contribution in [0.3, 0.4) is 0 Å². The second kappa shape index (κ2) is 7.24. The summed E-state index contributed by atoms with van der Waals surface area (Å²) < 4.78 is 0. The maximum Gasteiger partial charge on any atom is 0.150 e. The number of benzene rings is 1. The van der Waals surface area contributed by atoms with Crippen molar-refractivity contribution in [3.05, 3.63) is 35.4 Å². The molecule has 0 aliphatic rings. The Hall–Kier alpha value is -1.19. The van der Waals surface area contributed by atoms with E-state index in [1.165, 1.54) is 12.5 Å². The molecule has 0 aliphatic carbocycles. The summed E-state index contributed by atoms with van der Waals surface area (Å²) in [5, 5.41) is 16.0. The van der Waals surface area contributed by atoms with Gasteiger partial charge in [-0.3, -0.25) is 4.79 Å². The summed E-state index contributed by atoms with van der Waals surface area (Å²) in [4.78, 5) is 10.1. The molecule has 14 heavy (non-hydrogen) atoms. The van der Waals surface area contributed by atoms with Gasteiger partial charge in [0.25, 0.3) is 0 Å². The molecule has 0 fully saturated rings.